The molecule has 0 fully saturated rings. The van der Waals surface area contributed by atoms with E-state index >= 15 is 0 Å². The van der Waals surface area contributed by atoms with E-state index in [2.05, 4.69) is 225 Å². The molecule has 7 aromatic carbocycles. The molecule has 0 saturated carbocycles. The fourth-order valence-electron chi connectivity index (χ4n) is 19.3. The zero-order valence-corrected chi connectivity index (χ0v) is 58.7. The molecule has 14 rings (SSSR count). The van der Waals surface area contributed by atoms with Gasteiger partial charge in [-0.25, -0.2) is 0 Å². The Morgan fingerprint density at radius 3 is 1.11 bits per heavy atom. The van der Waals surface area contributed by atoms with Gasteiger partial charge in [-0.1, -0.05) is 298 Å². The first-order chi connectivity index (χ1) is 45.2. The fourth-order valence-corrected chi connectivity index (χ4v) is 21.7. The molecule has 5 aliphatic rings. The molecule has 0 nitrogen and oxygen atoms in total. The quantitative estimate of drug-likeness (QED) is 0.0458. The second kappa shape index (κ2) is 26.5. The lowest BCUT2D eigenvalue weighted by molar-refractivity contribution is 0.264. The van der Waals surface area contributed by atoms with Crippen molar-refractivity contribution in [1.82, 2.24) is 0 Å². The average molecular weight is 1250 g/mol. The highest BCUT2D eigenvalue weighted by molar-refractivity contribution is 7.31. The smallest absolute Gasteiger partial charge is 0.0463 e. The van der Waals surface area contributed by atoms with Gasteiger partial charge >= 0.3 is 0 Å². The van der Waals surface area contributed by atoms with Crippen LogP contribution in [-0.2, 0) is 21.7 Å². The van der Waals surface area contributed by atoms with E-state index in [1.54, 1.807) is 50.1 Å². The van der Waals surface area contributed by atoms with Gasteiger partial charge in [0.05, 0.1) is 0 Å². The lowest BCUT2D eigenvalue weighted by Gasteiger charge is -2.42. The molecule has 0 radical (unpaired) electrons. The Bertz CT molecular complexity index is 4130. The van der Waals surface area contributed by atoms with Crippen molar-refractivity contribution in [1.29, 1.82) is 0 Å². The van der Waals surface area contributed by atoms with Crippen LogP contribution in [0.1, 0.15) is 265 Å². The molecule has 92 heavy (non-hydrogen) atoms. The monoisotopic (exact) mass is 1250 g/mol. The van der Waals surface area contributed by atoms with Gasteiger partial charge < -0.3 is 0 Å². The maximum Gasteiger partial charge on any atom is 0.0463 e. The Balaban J connectivity index is 0.863. The highest BCUT2D eigenvalue weighted by atomic mass is 32.1. The molecule has 2 unspecified atom stereocenters. The third kappa shape index (κ3) is 10.3. The third-order valence-electron chi connectivity index (χ3n) is 23.8. The Morgan fingerprint density at radius 1 is 0.326 bits per heavy atom. The summed E-state index contributed by atoms with van der Waals surface area (Å²) >= 11 is 4.07. The standard InChI is InChI=1S/C90H102S2/c1-9-17-47-87(48-18-10-2)75-55-63(61-31-27-25-28-32-61)35-39-67(75)71-43-45-73-69-41-37-65(57-77(69)89(51-21-13-5,52-22-14-6)85(73)83(71)87)79-59-81-82(91-79)60-80(92-81)66-38-42-70-74-46-44-72-68-40-36-64(62-33-29-26-30-34-62)56-76(68)88(49-19-11-3,50-20-12-4)84(72)86(74)90(53-23-15-7,54-24-16-8)78(70)58-66/h25-46,55-60,67,75H,9-24,47-54H2,1-8H3. The largest absolute Gasteiger partial charge is 0.134 e. The van der Waals surface area contributed by atoms with Crippen molar-refractivity contribution in [3.8, 4) is 65.4 Å². The van der Waals surface area contributed by atoms with Crippen LogP contribution in [0.15, 0.2) is 170 Å². The van der Waals surface area contributed by atoms with Crippen LogP contribution in [0, 0.1) is 5.92 Å². The van der Waals surface area contributed by atoms with Crippen LogP contribution in [0.25, 0.3) is 80.4 Å². The van der Waals surface area contributed by atoms with Crippen molar-refractivity contribution < 1.29 is 0 Å². The first-order valence-corrected chi connectivity index (χ1v) is 38.7. The van der Waals surface area contributed by atoms with Crippen molar-refractivity contribution in [3.63, 3.8) is 0 Å². The van der Waals surface area contributed by atoms with Gasteiger partial charge in [-0.3, -0.25) is 0 Å². The van der Waals surface area contributed by atoms with Gasteiger partial charge in [0.25, 0.3) is 0 Å². The van der Waals surface area contributed by atoms with Gasteiger partial charge in [0, 0.05) is 46.7 Å². The van der Waals surface area contributed by atoms with E-state index in [1.165, 1.54) is 234 Å². The maximum atomic E-state index is 2.76. The Hall–Kier alpha value is -6.32. The fraction of sp³-hybridized carbons (Fsp3) is 0.422. The second-order valence-electron chi connectivity index (χ2n) is 29.1. The average Bonchev–Trinajstić information content (AvgIpc) is 1.52. The van der Waals surface area contributed by atoms with E-state index in [-0.39, 0.29) is 21.7 Å². The normalized spacial score (nSPS) is 17.7. The van der Waals surface area contributed by atoms with Crippen LogP contribution >= 0.6 is 22.7 Å². The zero-order chi connectivity index (χ0) is 63.2. The van der Waals surface area contributed by atoms with E-state index in [1.807, 2.05) is 22.7 Å². The van der Waals surface area contributed by atoms with Gasteiger partial charge in [-0.15, -0.1) is 22.7 Å². The van der Waals surface area contributed by atoms with Crippen LogP contribution in [0.3, 0.4) is 0 Å². The molecule has 9 aromatic rings. The molecule has 0 bridgehead atoms. The second-order valence-corrected chi connectivity index (χ2v) is 31.3. The molecule has 0 amide bonds. The van der Waals surface area contributed by atoms with Crippen LogP contribution in [-0.4, -0.2) is 0 Å². The molecule has 0 aliphatic heterocycles. The highest BCUT2D eigenvalue weighted by Gasteiger charge is 2.57. The summed E-state index contributed by atoms with van der Waals surface area (Å²) in [6.45, 7) is 19.4. The van der Waals surface area contributed by atoms with Crippen molar-refractivity contribution in [2.24, 2.45) is 5.92 Å². The molecule has 2 heteroatoms. The predicted octanol–water partition coefficient (Wildman–Crippen LogP) is 27.9. The summed E-state index contributed by atoms with van der Waals surface area (Å²) in [6, 6.07) is 61.3. The molecule has 0 N–H and O–H groups in total. The van der Waals surface area contributed by atoms with Gasteiger partial charge in [0.15, 0.2) is 0 Å². The van der Waals surface area contributed by atoms with Gasteiger partial charge in [-0.2, -0.15) is 0 Å². The molecule has 5 aliphatic carbocycles. The van der Waals surface area contributed by atoms with Crippen LogP contribution in [0.4, 0.5) is 0 Å². The number of rotatable bonds is 28. The molecule has 474 valence electrons. The van der Waals surface area contributed by atoms with Crippen LogP contribution in [0.5, 0.6) is 0 Å². The number of unbranched alkanes of at least 4 members (excludes halogenated alkanes) is 8. The Morgan fingerprint density at radius 2 is 0.685 bits per heavy atom. The SMILES string of the molecule is CCCCC1(CCCC)c2cc(-c3ccccc3)ccc2-c2ccc3c(c21)C(CCCC)(CCCC)c1cc(-c2cc4sc(-c5ccc6c(c5)C(CCCC)(CCCC)c5c-6ccc6c5C(CCCC)(CCCC)C5C=C(c7ccccc7)C=CC65)cc4s2)ccc1-3. The minimum Gasteiger partial charge on any atom is -0.134 e. The van der Waals surface area contributed by atoms with E-state index in [0.29, 0.717) is 11.8 Å². The molecular weight excluding hydrogens is 1150 g/mol. The molecule has 0 saturated heterocycles. The summed E-state index contributed by atoms with van der Waals surface area (Å²) in [5.41, 5.74) is 30.7. The number of hydrogen-bond donors (Lipinski definition) is 0. The summed E-state index contributed by atoms with van der Waals surface area (Å²) in [6.07, 6.45) is 37.3. The van der Waals surface area contributed by atoms with Crippen molar-refractivity contribution in [3.05, 3.63) is 220 Å². The predicted molar refractivity (Wildman–Crippen MR) is 402 cm³/mol. The number of thiophene rings is 2. The van der Waals surface area contributed by atoms with Gasteiger partial charge in [0.1, 0.15) is 0 Å². The number of fused-ring (bicyclic) bond motifs is 15. The van der Waals surface area contributed by atoms with Gasteiger partial charge in [0.2, 0.25) is 0 Å². The zero-order valence-electron chi connectivity index (χ0n) is 57.1. The lowest BCUT2D eigenvalue weighted by atomic mass is 9.61. The summed E-state index contributed by atoms with van der Waals surface area (Å²) < 4.78 is 2.85. The first-order valence-electron chi connectivity index (χ1n) is 37.1. The van der Waals surface area contributed by atoms with E-state index in [0.717, 1.165) is 0 Å². The summed E-state index contributed by atoms with van der Waals surface area (Å²) in [5.74, 6) is 0.866. The molecule has 2 aromatic heterocycles. The van der Waals surface area contributed by atoms with Crippen molar-refractivity contribution in [2.75, 3.05) is 0 Å². The number of benzene rings is 7. The van der Waals surface area contributed by atoms with E-state index in [4.69, 9.17) is 0 Å². The third-order valence-corrected chi connectivity index (χ3v) is 26.2. The van der Waals surface area contributed by atoms with E-state index in [9.17, 15) is 0 Å². The number of hydrogen-bond acceptors (Lipinski definition) is 2. The topological polar surface area (TPSA) is 0 Å². The highest BCUT2D eigenvalue weighted by Crippen LogP contribution is 2.68. The summed E-state index contributed by atoms with van der Waals surface area (Å²) in [4.78, 5) is 2.83. The van der Waals surface area contributed by atoms with Crippen molar-refractivity contribution in [2.45, 2.75) is 237 Å². The number of allylic oxidation sites excluding steroid dienone is 4. The lowest BCUT2D eigenvalue weighted by Crippen LogP contribution is -2.36. The summed E-state index contributed by atoms with van der Waals surface area (Å²) in [5, 5.41) is 0. The maximum absolute atomic E-state index is 2.76. The minimum atomic E-state index is -0.0463. The van der Waals surface area contributed by atoms with Crippen LogP contribution in [0.2, 0.25) is 0 Å². The molecule has 2 atom stereocenters. The minimum absolute atomic E-state index is 0.0219. The Kier molecular flexibility index (Phi) is 18.2. The van der Waals surface area contributed by atoms with Crippen molar-refractivity contribution >= 4 is 37.6 Å². The molecule has 0 spiro atoms. The van der Waals surface area contributed by atoms with Crippen LogP contribution < -0.4 is 0 Å². The first kappa shape index (κ1) is 63.1. The molecule has 2 heterocycles. The summed E-state index contributed by atoms with van der Waals surface area (Å²) in [7, 11) is 0. The Labute approximate surface area is 562 Å². The van der Waals surface area contributed by atoms with Gasteiger partial charge in [-0.05, 0) is 199 Å². The van der Waals surface area contributed by atoms with E-state index < -0.39 is 0 Å². The molecular formula is C90H102S2.